The molecule has 0 fully saturated rings. The minimum Gasteiger partial charge on any atom is -0.357 e. The molecule has 234 valence electrons. The van der Waals surface area contributed by atoms with Crippen LogP contribution in [0, 0.1) is 0 Å². The van der Waals surface area contributed by atoms with Gasteiger partial charge in [-0.1, -0.05) is 139 Å². The van der Waals surface area contributed by atoms with Gasteiger partial charge in [-0.15, -0.1) is 0 Å². The third kappa shape index (κ3) is 9.73. The molecule has 0 heterocycles. The Hall–Kier alpha value is -5.04. The molecule has 6 nitrogen and oxygen atoms in total. The number of hydrogen-bond donors (Lipinski definition) is 0. The number of rotatable bonds is 15. The predicted molar refractivity (Wildman–Crippen MR) is 188 cm³/mol. The third-order valence-electron chi connectivity index (χ3n) is 7.56. The molecule has 5 aromatic carbocycles. The van der Waals surface area contributed by atoms with Crippen LogP contribution in [0.3, 0.4) is 0 Å². The Labute approximate surface area is 273 Å². The van der Waals surface area contributed by atoms with Crippen LogP contribution >= 0.6 is 0 Å². The second-order valence-corrected chi connectivity index (χ2v) is 11.5. The van der Waals surface area contributed by atoms with Gasteiger partial charge in [0, 0.05) is 43.4 Å². The molecule has 0 aromatic heterocycles. The van der Waals surface area contributed by atoms with Crippen LogP contribution in [-0.2, 0) is 26.2 Å². The summed E-state index contributed by atoms with van der Waals surface area (Å²) in [4.78, 5) is 16.9. The van der Waals surface area contributed by atoms with Crippen LogP contribution in [0.15, 0.2) is 144 Å². The lowest BCUT2D eigenvalue weighted by Crippen LogP contribution is -2.20. The van der Waals surface area contributed by atoms with Crippen molar-refractivity contribution in [1.29, 1.82) is 0 Å². The van der Waals surface area contributed by atoms with Crippen molar-refractivity contribution in [2.24, 2.45) is 10.3 Å². The van der Waals surface area contributed by atoms with E-state index in [1.54, 1.807) is 6.21 Å². The van der Waals surface area contributed by atoms with E-state index in [9.17, 15) is 0 Å². The van der Waals surface area contributed by atoms with Crippen molar-refractivity contribution in [2.75, 3.05) is 14.1 Å². The number of oxime groups is 2. The second kappa shape index (κ2) is 16.9. The van der Waals surface area contributed by atoms with Crippen LogP contribution in [0.1, 0.15) is 46.7 Å². The Morgan fingerprint density at radius 1 is 0.587 bits per heavy atom. The maximum Gasteiger partial charge on any atom is 0.166 e. The topological polar surface area (TPSA) is 49.7 Å². The van der Waals surface area contributed by atoms with Crippen molar-refractivity contribution in [3.63, 3.8) is 0 Å². The van der Waals surface area contributed by atoms with E-state index in [2.05, 4.69) is 108 Å². The smallest absolute Gasteiger partial charge is 0.166 e. The molecular weight excluding hydrogens is 568 g/mol. The van der Waals surface area contributed by atoms with Gasteiger partial charge in [-0.2, -0.15) is 0 Å². The van der Waals surface area contributed by atoms with E-state index >= 15 is 0 Å². The molecule has 0 aliphatic heterocycles. The zero-order valence-corrected chi connectivity index (χ0v) is 26.9. The molecule has 0 saturated heterocycles. The van der Waals surface area contributed by atoms with Gasteiger partial charge in [0.25, 0.3) is 0 Å². The fourth-order valence-corrected chi connectivity index (χ4v) is 5.30. The summed E-state index contributed by atoms with van der Waals surface area (Å²) in [6.45, 7) is 5.01. The van der Waals surface area contributed by atoms with Gasteiger partial charge in [0.1, 0.15) is 0 Å². The van der Waals surface area contributed by atoms with Crippen molar-refractivity contribution in [3.05, 3.63) is 167 Å². The first-order valence-corrected chi connectivity index (χ1v) is 15.7. The largest absolute Gasteiger partial charge is 0.357 e. The standard InChI is InChI=1S/C40H42N4O2/c1-4-38(35-23-15-8-16-24-35)42-46-40-26-39(45-41-27-32-17-9-5-10-18-32)36(30-43(2)28-33-19-11-6-12-20-33)25-37(40)31-44(3)29-34-21-13-7-14-22-34/h5-27H,4,28-31H2,1-3H3/b41-27+,42-38-. The molecule has 0 atom stereocenters. The van der Waals surface area contributed by atoms with Gasteiger partial charge < -0.3 is 9.68 Å². The Bertz CT molecular complexity index is 1690. The van der Waals surface area contributed by atoms with Crippen molar-refractivity contribution < 1.29 is 9.68 Å². The lowest BCUT2D eigenvalue weighted by molar-refractivity contribution is 0.284. The van der Waals surface area contributed by atoms with Gasteiger partial charge in [-0.25, -0.2) is 0 Å². The fourth-order valence-electron chi connectivity index (χ4n) is 5.30. The monoisotopic (exact) mass is 610 g/mol. The quantitative estimate of drug-likeness (QED) is 0.0880. The molecule has 0 spiro atoms. The molecular formula is C40H42N4O2. The average molecular weight is 611 g/mol. The van der Waals surface area contributed by atoms with Crippen LogP contribution in [0.25, 0.3) is 0 Å². The molecule has 0 saturated carbocycles. The SMILES string of the molecule is CC/C(=N/Oc1cc(O/N=C/c2ccccc2)c(CN(C)Cc2ccccc2)cc1CN(C)Cc1ccccc1)c1ccccc1. The van der Waals surface area contributed by atoms with Crippen LogP contribution in [0.5, 0.6) is 11.5 Å². The van der Waals surface area contributed by atoms with E-state index in [0.29, 0.717) is 24.6 Å². The van der Waals surface area contributed by atoms with Gasteiger partial charge in [0.05, 0.1) is 11.9 Å². The summed E-state index contributed by atoms with van der Waals surface area (Å²) < 4.78 is 0. The highest BCUT2D eigenvalue weighted by atomic mass is 16.6. The summed E-state index contributed by atoms with van der Waals surface area (Å²) in [5, 5.41) is 9.01. The zero-order chi connectivity index (χ0) is 32.0. The van der Waals surface area contributed by atoms with E-state index in [1.807, 2.05) is 66.7 Å². The number of benzene rings is 5. The number of hydrogen-bond acceptors (Lipinski definition) is 6. The first kappa shape index (κ1) is 32.4. The minimum atomic E-state index is 0.629. The van der Waals surface area contributed by atoms with Gasteiger partial charge in [0.15, 0.2) is 11.5 Å². The summed E-state index contributed by atoms with van der Waals surface area (Å²) in [6.07, 6.45) is 2.46. The first-order chi connectivity index (χ1) is 22.6. The van der Waals surface area contributed by atoms with Crippen molar-refractivity contribution >= 4 is 11.9 Å². The predicted octanol–water partition coefficient (Wildman–Crippen LogP) is 8.56. The van der Waals surface area contributed by atoms with Gasteiger partial charge in [-0.3, -0.25) is 9.80 Å². The molecule has 5 aromatic rings. The Morgan fingerprint density at radius 3 is 1.59 bits per heavy atom. The maximum atomic E-state index is 6.27. The lowest BCUT2D eigenvalue weighted by atomic mass is 10.1. The van der Waals surface area contributed by atoms with Crippen molar-refractivity contribution in [1.82, 2.24) is 9.80 Å². The molecule has 6 heteroatoms. The third-order valence-corrected chi connectivity index (χ3v) is 7.56. The molecule has 0 N–H and O–H groups in total. The molecule has 0 bridgehead atoms. The average Bonchev–Trinajstić information content (AvgIpc) is 3.08. The Kier molecular flexibility index (Phi) is 11.9. The summed E-state index contributed by atoms with van der Waals surface area (Å²) in [5.41, 5.74) is 7.41. The van der Waals surface area contributed by atoms with E-state index in [-0.39, 0.29) is 0 Å². The molecule has 0 amide bonds. The number of nitrogens with zero attached hydrogens (tertiary/aromatic N) is 4. The van der Waals surface area contributed by atoms with E-state index in [1.165, 1.54) is 11.1 Å². The maximum absolute atomic E-state index is 6.27. The minimum absolute atomic E-state index is 0.629. The molecule has 5 rings (SSSR count). The van der Waals surface area contributed by atoms with Gasteiger partial charge in [-0.05, 0) is 48.8 Å². The van der Waals surface area contributed by atoms with E-state index in [4.69, 9.17) is 9.68 Å². The molecule has 0 aliphatic carbocycles. The Balaban J connectivity index is 1.49. The lowest BCUT2D eigenvalue weighted by Gasteiger charge is -2.22. The van der Waals surface area contributed by atoms with E-state index < -0.39 is 0 Å². The zero-order valence-electron chi connectivity index (χ0n) is 26.9. The summed E-state index contributed by atoms with van der Waals surface area (Å²) in [7, 11) is 4.24. The molecule has 0 aliphatic rings. The first-order valence-electron chi connectivity index (χ1n) is 15.7. The van der Waals surface area contributed by atoms with Crippen LogP contribution in [-0.4, -0.2) is 35.8 Å². The van der Waals surface area contributed by atoms with Crippen molar-refractivity contribution in [3.8, 4) is 11.5 Å². The normalized spacial score (nSPS) is 11.8. The Morgan fingerprint density at radius 2 is 1.07 bits per heavy atom. The fraction of sp³-hybridized carbons (Fsp3) is 0.200. The van der Waals surface area contributed by atoms with Gasteiger partial charge in [0.2, 0.25) is 0 Å². The van der Waals surface area contributed by atoms with Crippen LogP contribution in [0.2, 0.25) is 0 Å². The van der Waals surface area contributed by atoms with Crippen LogP contribution < -0.4 is 9.68 Å². The highest BCUT2D eigenvalue weighted by Gasteiger charge is 2.17. The highest BCUT2D eigenvalue weighted by molar-refractivity contribution is 6.00. The molecule has 46 heavy (non-hydrogen) atoms. The summed E-state index contributed by atoms with van der Waals surface area (Å²) >= 11 is 0. The molecule has 0 radical (unpaired) electrons. The highest BCUT2D eigenvalue weighted by Crippen LogP contribution is 2.32. The summed E-state index contributed by atoms with van der Waals surface area (Å²) in [5.74, 6) is 1.27. The van der Waals surface area contributed by atoms with Crippen LogP contribution in [0.4, 0.5) is 0 Å². The van der Waals surface area contributed by atoms with Gasteiger partial charge >= 0.3 is 0 Å². The molecule has 0 unspecified atom stereocenters. The van der Waals surface area contributed by atoms with Crippen molar-refractivity contribution in [2.45, 2.75) is 39.5 Å². The second-order valence-electron chi connectivity index (χ2n) is 11.5. The summed E-state index contributed by atoms with van der Waals surface area (Å²) in [6, 6.07) is 45.2. The van der Waals surface area contributed by atoms with E-state index in [0.717, 1.165) is 47.5 Å².